The zero-order chi connectivity index (χ0) is 14.9. The fourth-order valence-corrected chi connectivity index (χ4v) is 4.69. The number of rotatable bonds is 4. The topological polar surface area (TPSA) is 21.3 Å². The van der Waals surface area contributed by atoms with Crippen LogP contribution in [0.1, 0.15) is 27.6 Å². The van der Waals surface area contributed by atoms with Crippen LogP contribution in [0.15, 0.2) is 26.5 Å². The van der Waals surface area contributed by atoms with Crippen LogP contribution in [-0.2, 0) is 0 Å². The van der Waals surface area contributed by atoms with Gasteiger partial charge in [0.25, 0.3) is 0 Å². The summed E-state index contributed by atoms with van der Waals surface area (Å²) in [5.41, 5.74) is 3.52. The normalized spacial score (nSPS) is 12.5. The highest BCUT2D eigenvalue weighted by atomic mass is 79.9. The van der Waals surface area contributed by atoms with E-state index in [1.165, 1.54) is 16.0 Å². The summed E-state index contributed by atoms with van der Waals surface area (Å²) in [7, 11) is 3.71. The molecule has 0 amide bonds. The average Bonchev–Trinajstić information content (AvgIpc) is 2.83. The van der Waals surface area contributed by atoms with Crippen LogP contribution in [0, 0.1) is 13.8 Å². The van der Waals surface area contributed by atoms with Crippen molar-refractivity contribution in [1.29, 1.82) is 0 Å². The molecular weight excluding hydrogens is 402 g/mol. The fraction of sp³-hybridized carbons (Fsp3) is 0.333. The van der Waals surface area contributed by atoms with E-state index >= 15 is 0 Å². The highest BCUT2D eigenvalue weighted by molar-refractivity contribution is 9.10. The summed E-state index contributed by atoms with van der Waals surface area (Å²) >= 11 is 9.02. The van der Waals surface area contributed by atoms with Crippen molar-refractivity contribution in [3.05, 3.63) is 48.0 Å². The highest BCUT2D eigenvalue weighted by Gasteiger charge is 2.24. The largest absolute Gasteiger partial charge is 0.496 e. The van der Waals surface area contributed by atoms with Crippen molar-refractivity contribution in [2.24, 2.45) is 0 Å². The summed E-state index contributed by atoms with van der Waals surface area (Å²) in [6.07, 6.45) is 0. The van der Waals surface area contributed by atoms with Gasteiger partial charge in [0.05, 0.1) is 13.2 Å². The van der Waals surface area contributed by atoms with E-state index in [1.54, 1.807) is 18.4 Å². The predicted molar refractivity (Wildman–Crippen MR) is 93.1 cm³/mol. The van der Waals surface area contributed by atoms with Gasteiger partial charge in [-0.3, -0.25) is 0 Å². The van der Waals surface area contributed by atoms with Crippen molar-refractivity contribution in [1.82, 2.24) is 5.32 Å². The molecule has 0 aliphatic carbocycles. The zero-order valence-corrected chi connectivity index (χ0v) is 15.9. The van der Waals surface area contributed by atoms with E-state index in [1.807, 2.05) is 7.05 Å². The Morgan fingerprint density at radius 1 is 1.25 bits per heavy atom. The highest BCUT2D eigenvalue weighted by Crippen LogP contribution is 2.42. The molecule has 0 saturated heterocycles. The monoisotopic (exact) mass is 417 g/mol. The standard InChI is InChI=1S/C15H17Br2NOS/c1-8-7-11(17)9(2)12(14(8)19-4)13(18-3)15-10(16)5-6-20-15/h5-7,13,18H,1-4H3. The number of ether oxygens (including phenoxy) is 1. The van der Waals surface area contributed by atoms with Crippen LogP contribution in [-0.4, -0.2) is 14.2 Å². The first kappa shape index (κ1) is 16.0. The second-order valence-corrected chi connectivity index (χ2v) is 7.26. The summed E-state index contributed by atoms with van der Waals surface area (Å²) < 4.78 is 7.90. The van der Waals surface area contributed by atoms with Crippen molar-refractivity contribution >= 4 is 43.2 Å². The van der Waals surface area contributed by atoms with Crippen LogP contribution in [0.5, 0.6) is 5.75 Å². The molecule has 1 aromatic carbocycles. The number of benzene rings is 1. The number of aryl methyl sites for hydroxylation is 1. The van der Waals surface area contributed by atoms with Gasteiger partial charge >= 0.3 is 0 Å². The molecule has 2 rings (SSSR count). The molecule has 5 heteroatoms. The van der Waals surface area contributed by atoms with Crippen LogP contribution in [0.4, 0.5) is 0 Å². The first-order valence-electron chi connectivity index (χ1n) is 6.25. The van der Waals surface area contributed by atoms with Crippen molar-refractivity contribution in [3.8, 4) is 5.75 Å². The number of methoxy groups -OCH3 is 1. The Labute approximate surface area is 140 Å². The lowest BCUT2D eigenvalue weighted by atomic mass is 9.96. The molecule has 20 heavy (non-hydrogen) atoms. The Morgan fingerprint density at radius 3 is 2.45 bits per heavy atom. The van der Waals surface area contributed by atoms with E-state index in [-0.39, 0.29) is 6.04 Å². The van der Waals surface area contributed by atoms with Crippen LogP contribution in [0.2, 0.25) is 0 Å². The molecule has 0 fully saturated rings. The maximum Gasteiger partial charge on any atom is 0.127 e. The lowest BCUT2D eigenvalue weighted by Gasteiger charge is -2.23. The van der Waals surface area contributed by atoms with E-state index in [0.717, 1.165) is 20.3 Å². The van der Waals surface area contributed by atoms with Crippen LogP contribution >= 0.6 is 43.2 Å². The van der Waals surface area contributed by atoms with Crippen molar-refractivity contribution in [2.75, 3.05) is 14.2 Å². The third-order valence-electron chi connectivity index (χ3n) is 3.40. The maximum atomic E-state index is 5.66. The van der Waals surface area contributed by atoms with Gasteiger partial charge in [-0.25, -0.2) is 0 Å². The van der Waals surface area contributed by atoms with Crippen LogP contribution in [0.3, 0.4) is 0 Å². The molecule has 0 bridgehead atoms. The van der Waals surface area contributed by atoms with Gasteiger partial charge < -0.3 is 10.1 Å². The molecular formula is C15H17Br2NOS. The Kier molecular flexibility index (Phi) is 5.29. The maximum absolute atomic E-state index is 5.66. The first-order valence-corrected chi connectivity index (χ1v) is 8.71. The third kappa shape index (κ3) is 2.82. The molecule has 1 aromatic heterocycles. The predicted octanol–water partition coefficient (Wildman–Crippen LogP) is 5.21. The van der Waals surface area contributed by atoms with E-state index in [4.69, 9.17) is 4.74 Å². The molecule has 108 valence electrons. The minimum Gasteiger partial charge on any atom is -0.496 e. The quantitative estimate of drug-likeness (QED) is 0.735. The number of hydrogen-bond donors (Lipinski definition) is 1. The number of nitrogens with one attached hydrogen (secondary N) is 1. The van der Waals surface area contributed by atoms with Gasteiger partial charge in [0.15, 0.2) is 0 Å². The van der Waals surface area contributed by atoms with Gasteiger partial charge in [-0.1, -0.05) is 15.9 Å². The minimum absolute atomic E-state index is 0.107. The molecule has 0 saturated carbocycles. The van der Waals surface area contributed by atoms with Gasteiger partial charge in [-0.15, -0.1) is 11.3 Å². The van der Waals surface area contributed by atoms with E-state index in [0.29, 0.717) is 0 Å². The SMILES string of the molecule is CNC(c1sccc1Br)c1c(C)c(Br)cc(C)c1OC. The lowest BCUT2D eigenvalue weighted by molar-refractivity contribution is 0.401. The minimum atomic E-state index is 0.107. The molecule has 1 atom stereocenters. The summed E-state index contributed by atoms with van der Waals surface area (Å²) in [4.78, 5) is 1.26. The van der Waals surface area contributed by atoms with Gasteiger partial charge in [0, 0.05) is 19.4 Å². The Bertz CT molecular complexity index is 625. The van der Waals surface area contributed by atoms with Crippen molar-refractivity contribution in [3.63, 3.8) is 0 Å². The molecule has 0 radical (unpaired) electrons. The molecule has 0 aliphatic heterocycles. The van der Waals surface area contributed by atoms with E-state index in [9.17, 15) is 0 Å². The molecule has 0 aliphatic rings. The fourth-order valence-electron chi connectivity index (χ4n) is 2.41. The summed E-state index contributed by atoms with van der Waals surface area (Å²) in [5, 5.41) is 5.50. The Hall–Kier alpha value is -0.360. The summed E-state index contributed by atoms with van der Waals surface area (Å²) in [5.74, 6) is 0.949. The van der Waals surface area contributed by atoms with Crippen molar-refractivity contribution in [2.45, 2.75) is 19.9 Å². The smallest absolute Gasteiger partial charge is 0.127 e. The second-order valence-electron chi connectivity index (χ2n) is 4.60. The molecule has 1 N–H and O–H groups in total. The zero-order valence-electron chi connectivity index (χ0n) is 11.9. The lowest BCUT2D eigenvalue weighted by Crippen LogP contribution is -2.19. The van der Waals surface area contributed by atoms with E-state index in [2.05, 4.69) is 68.5 Å². The van der Waals surface area contributed by atoms with Gasteiger partial charge in [-0.2, -0.15) is 0 Å². The molecule has 1 unspecified atom stereocenters. The molecule has 2 aromatic rings. The van der Waals surface area contributed by atoms with Gasteiger partial charge in [0.1, 0.15) is 5.75 Å². The Morgan fingerprint density at radius 2 is 1.95 bits per heavy atom. The summed E-state index contributed by atoms with van der Waals surface area (Å²) in [6.45, 7) is 4.19. The average molecular weight is 419 g/mol. The molecule has 0 spiro atoms. The van der Waals surface area contributed by atoms with Crippen molar-refractivity contribution < 1.29 is 4.74 Å². The molecule has 2 nitrogen and oxygen atoms in total. The third-order valence-corrected chi connectivity index (χ3v) is 6.16. The summed E-state index contributed by atoms with van der Waals surface area (Å²) in [6, 6.07) is 4.29. The van der Waals surface area contributed by atoms with Crippen LogP contribution in [0.25, 0.3) is 0 Å². The molecule has 1 heterocycles. The number of thiophene rings is 1. The first-order chi connectivity index (χ1) is 9.51. The van der Waals surface area contributed by atoms with Crippen LogP contribution < -0.4 is 10.1 Å². The van der Waals surface area contributed by atoms with Gasteiger partial charge in [0.2, 0.25) is 0 Å². The Balaban J connectivity index is 2.69. The second kappa shape index (κ2) is 6.60. The van der Waals surface area contributed by atoms with E-state index < -0.39 is 0 Å². The number of halogens is 2. The number of hydrogen-bond acceptors (Lipinski definition) is 3. The van der Waals surface area contributed by atoms with Gasteiger partial charge in [-0.05, 0) is 65.5 Å².